The summed E-state index contributed by atoms with van der Waals surface area (Å²) in [6.45, 7) is 0. The lowest BCUT2D eigenvalue weighted by Crippen LogP contribution is -2.22. The third kappa shape index (κ3) is 3.67. The number of nitrogens with zero attached hydrogens (tertiary/aromatic N) is 3. The second-order valence-corrected chi connectivity index (χ2v) is 5.01. The van der Waals surface area contributed by atoms with E-state index in [0.717, 1.165) is 5.39 Å². The third-order valence-electron chi connectivity index (χ3n) is 2.99. The number of halogens is 3. The van der Waals surface area contributed by atoms with Gasteiger partial charge in [-0.15, -0.1) is 12.4 Å². The summed E-state index contributed by atoms with van der Waals surface area (Å²) in [7, 11) is 0. The quantitative estimate of drug-likeness (QED) is 0.546. The van der Waals surface area contributed by atoms with E-state index < -0.39 is 0 Å². The van der Waals surface area contributed by atoms with E-state index in [0.29, 0.717) is 21.8 Å². The number of guanidine groups is 1. The zero-order valence-electron chi connectivity index (χ0n) is 11.7. The van der Waals surface area contributed by atoms with Crippen LogP contribution in [0.3, 0.4) is 0 Å². The Morgan fingerprint density at radius 1 is 1.04 bits per heavy atom. The molecule has 4 N–H and O–H groups in total. The lowest BCUT2D eigenvalue weighted by molar-refractivity contribution is 0.628. The Labute approximate surface area is 142 Å². The van der Waals surface area contributed by atoms with Crippen LogP contribution >= 0.6 is 24.0 Å². The number of benzene rings is 2. The average molecular weight is 352 g/mol. The number of rotatable bonds is 2. The molecule has 8 heteroatoms. The molecule has 5 nitrogen and oxygen atoms in total. The van der Waals surface area contributed by atoms with Crippen LogP contribution in [0.5, 0.6) is 0 Å². The van der Waals surface area contributed by atoms with Gasteiger partial charge in [-0.1, -0.05) is 11.6 Å². The van der Waals surface area contributed by atoms with Crippen molar-refractivity contribution < 1.29 is 4.39 Å². The highest BCUT2D eigenvalue weighted by Gasteiger charge is 2.10. The monoisotopic (exact) mass is 351 g/mol. The predicted octanol–water partition coefficient (Wildman–Crippen LogP) is 3.42. The first-order valence-corrected chi connectivity index (χ1v) is 6.73. The molecule has 118 valence electrons. The Bertz CT molecular complexity index is 877. The van der Waals surface area contributed by atoms with Crippen molar-refractivity contribution in [3.8, 4) is 11.3 Å². The van der Waals surface area contributed by atoms with E-state index in [1.807, 2.05) is 0 Å². The van der Waals surface area contributed by atoms with Gasteiger partial charge in [0.15, 0.2) is 5.96 Å². The number of hydrogen-bond donors (Lipinski definition) is 2. The molecule has 3 rings (SSSR count). The average Bonchev–Trinajstić information content (AvgIpc) is 2.47. The highest BCUT2D eigenvalue weighted by atomic mass is 35.5. The fourth-order valence-corrected chi connectivity index (χ4v) is 2.25. The molecule has 3 aromatic rings. The van der Waals surface area contributed by atoms with Crippen LogP contribution in [-0.2, 0) is 0 Å². The van der Waals surface area contributed by atoms with Gasteiger partial charge < -0.3 is 11.5 Å². The molecule has 1 heterocycles. The summed E-state index contributed by atoms with van der Waals surface area (Å²) in [5, 5.41) is 1.28. The molecule has 0 aliphatic rings. The van der Waals surface area contributed by atoms with Crippen LogP contribution in [0.1, 0.15) is 0 Å². The largest absolute Gasteiger partial charge is 0.370 e. The minimum absolute atomic E-state index is 0. The van der Waals surface area contributed by atoms with Gasteiger partial charge in [-0.3, -0.25) is 0 Å². The maximum Gasteiger partial charge on any atom is 0.253 e. The molecular weight excluding hydrogens is 340 g/mol. The Morgan fingerprint density at radius 3 is 2.39 bits per heavy atom. The lowest BCUT2D eigenvalue weighted by Gasteiger charge is -2.07. The molecule has 0 bridgehead atoms. The van der Waals surface area contributed by atoms with E-state index in [4.69, 9.17) is 23.1 Å². The summed E-state index contributed by atoms with van der Waals surface area (Å²) >= 11 is 6.04. The van der Waals surface area contributed by atoms with Crippen LogP contribution in [0, 0.1) is 5.82 Å². The normalized spacial score (nSPS) is 10.2. The van der Waals surface area contributed by atoms with Crippen molar-refractivity contribution in [3.63, 3.8) is 0 Å². The summed E-state index contributed by atoms with van der Waals surface area (Å²) < 4.78 is 13.1. The minimum atomic E-state index is -0.329. The van der Waals surface area contributed by atoms with Crippen LogP contribution < -0.4 is 11.5 Å². The Balaban J connectivity index is 0.00000192. The number of nitrogens with two attached hydrogens (primary N) is 2. The van der Waals surface area contributed by atoms with Crippen molar-refractivity contribution in [3.05, 3.63) is 53.3 Å². The fraction of sp³-hybridized carbons (Fsp3) is 0. The summed E-state index contributed by atoms with van der Waals surface area (Å²) in [4.78, 5) is 12.5. The number of aromatic nitrogens is 2. The van der Waals surface area contributed by atoms with Crippen LogP contribution in [0.2, 0.25) is 5.02 Å². The Morgan fingerprint density at radius 2 is 1.74 bits per heavy atom. The van der Waals surface area contributed by atoms with Crippen LogP contribution in [0.15, 0.2) is 47.5 Å². The number of hydrogen-bond acceptors (Lipinski definition) is 3. The first-order valence-electron chi connectivity index (χ1n) is 6.36. The topological polar surface area (TPSA) is 90.2 Å². The van der Waals surface area contributed by atoms with Gasteiger partial charge in [0.25, 0.3) is 5.95 Å². The first kappa shape index (κ1) is 16.9. The molecule has 0 saturated carbocycles. The van der Waals surface area contributed by atoms with Gasteiger partial charge in [-0.05, 0) is 42.5 Å². The van der Waals surface area contributed by atoms with E-state index >= 15 is 0 Å². The molecule has 0 unspecified atom stereocenters. The van der Waals surface area contributed by atoms with E-state index in [1.54, 1.807) is 30.3 Å². The molecular formula is C15H12Cl2FN5. The molecule has 0 radical (unpaired) electrons. The van der Waals surface area contributed by atoms with Crippen molar-refractivity contribution in [1.29, 1.82) is 0 Å². The summed E-state index contributed by atoms with van der Waals surface area (Å²) in [5.41, 5.74) is 12.7. The highest BCUT2D eigenvalue weighted by molar-refractivity contribution is 6.31. The van der Waals surface area contributed by atoms with Gasteiger partial charge in [-0.2, -0.15) is 4.99 Å². The van der Waals surface area contributed by atoms with E-state index in [1.165, 1.54) is 12.1 Å². The van der Waals surface area contributed by atoms with Gasteiger partial charge in [0.2, 0.25) is 0 Å². The van der Waals surface area contributed by atoms with Crippen molar-refractivity contribution in [1.82, 2.24) is 9.97 Å². The van der Waals surface area contributed by atoms with Crippen LogP contribution in [0.25, 0.3) is 22.2 Å². The molecule has 1 aromatic heterocycles. The molecule has 0 aliphatic heterocycles. The van der Waals surface area contributed by atoms with E-state index in [2.05, 4.69) is 15.0 Å². The smallest absolute Gasteiger partial charge is 0.253 e. The highest BCUT2D eigenvalue weighted by Crippen LogP contribution is 2.30. The SMILES string of the molecule is Cl.NC(N)=Nc1nc(-c2ccc(F)cc2)c2cc(Cl)ccc2n1. The fourth-order valence-electron chi connectivity index (χ4n) is 2.08. The maximum absolute atomic E-state index is 13.1. The molecule has 2 aromatic carbocycles. The molecule has 0 aliphatic carbocycles. The van der Waals surface area contributed by atoms with Crippen molar-refractivity contribution in [2.24, 2.45) is 16.5 Å². The predicted molar refractivity (Wildman–Crippen MR) is 92.7 cm³/mol. The van der Waals surface area contributed by atoms with Gasteiger partial charge in [0.05, 0.1) is 11.2 Å². The first-order chi connectivity index (χ1) is 10.5. The Kier molecular flexibility index (Phi) is 4.98. The van der Waals surface area contributed by atoms with Crippen molar-refractivity contribution in [2.45, 2.75) is 0 Å². The van der Waals surface area contributed by atoms with E-state index in [9.17, 15) is 4.39 Å². The molecule has 0 fully saturated rings. The van der Waals surface area contributed by atoms with Gasteiger partial charge in [0.1, 0.15) is 5.82 Å². The lowest BCUT2D eigenvalue weighted by atomic mass is 10.1. The second kappa shape index (κ2) is 6.76. The Hall–Kier alpha value is -2.44. The van der Waals surface area contributed by atoms with Crippen LogP contribution in [0.4, 0.5) is 10.3 Å². The second-order valence-electron chi connectivity index (χ2n) is 4.58. The summed E-state index contributed by atoms with van der Waals surface area (Å²) in [6, 6.07) is 11.2. The van der Waals surface area contributed by atoms with Crippen molar-refractivity contribution >= 4 is 46.8 Å². The number of aliphatic imine (C=N–C) groups is 1. The molecule has 0 atom stereocenters. The number of fused-ring (bicyclic) bond motifs is 1. The maximum atomic E-state index is 13.1. The van der Waals surface area contributed by atoms with Gasteiger partial charge >= 0.3 is 0 Å². The van der Waals surface area contributed by atoms with Crippen molar-refractivity contribution in [2.75, 3.05) is 0 Å². The molecule has 0 spiro atoms. The zero-order valence-corrected chi connectivity index (χ0v) is 13.3. The molecule has 0 amide bonds. The van der Waals surface area contributed by atoms with Gasteiger partial charge in [0, 0.05) is 16.0 Å². The van der Waals surface area contributed by atoms with E-state index in [-0.39, 0.29) is 30.1 Å². The zero-order chi connectivity index (χ0) is 15.7. The summed E-state index contributed by atoms with van der Waals surface area (Å²) in [6.07, 6.45) is 0. The standard InChI is InChI=1S/C15H11ClFN5.ClH/c16-9-3-6-12-11(7-9)13(8-1-4-10(17)5-2-8)21-15(20-12)22-14(18)19;/h1-7H,(H4,18,19,20,21,22);1H. The van der Waals surface area contributed by atoms with Gasteiger partial charge in [-0.25, -0.2) is 14.4 Å². The molecule has 0 saturated heterocycles. The summed E-state index contributed by atoms with van der Waals surface area (Å²) in [5.74, 6) is -0.336. The van der Waals surface area contributed by atoms with Crippen LogP contribution in [-0.4, -0.2) is 15.9 Å². The molecule has 23 heavy (non-hydrogen) atoms. The minimum Gasteiger partial charge on any atom is -0.370 e. The third-order valence-corrected chi connectivity index (χ3v) is 3.23.